The highest BCUT2D eigenvalue weighted by atomic mass is 32.1. The molecule has 20 heavy (non-hydrogen) atoms. The number of aromatic carboxylic acids is 1. The van der Waals surface area contributed by atoms with Crippen molar-refractivity contribution in [1.82, 2.24) is 0 Å². The number of carboxylic acids is 1. The number of carbonyl (C=O) groups is 1. The number of hydrogen-bond donors (Lipinski definition) is 2. The van der Waals surface area contributed by atoms with Gasteiger partial charge in [-0.25, -0.2) is 13.6 Å². The van der Waals surface area contributed by atoms with E-state index in [4.69, 9.17) is 10.8 Å². The molecule has 2 rings (SSSR count). The molecule has 106 valence electrons. The lowest BCUT2D eigenvalue weighted by Gasteiger charge is -2.09. The molecule has 0 radical (unpaired) electrons. The monoisotopic (exact) mass is 297 g/mol. The van der Waals surface area contributed by atoms with Crippen LogP contribution in [0.5, 0.6) is 0 Å². The Balaban J connectivity index is 2.73. The molecule has 0 saturated carbocycles. The first-order valence-electron chi connectivity index (χ1n) is 5.93. The molecule has 2 aromatic rings. The van der Waals surface area contributed by atoms with Gasteiger partial charge in [-0.1, -0.05) is 13.8 Å². The molecule has 0 atom stereocenters. The number of rotatable bonds is 3. The summed E-state index contributed by atoms with van der Waals surface area (Å²) >= 11 is 0.909. The summed E-state index contributed by atoms with van der Waals surface area (Å²) in [4.78, 5) is 11.6. The van der Waals surface area contributed by atoms with Crippen molar-refractivity contribution in [1.29, 1.82) is 0 Å². The van der Waals surface area contributed by atoms with Crippen LogP contribution in [0.2, 0.25) is 0 Å². The van der Waals surface area contributed by atoms with E-state index < -0.39 is 17.6 Å². The van der Waals surface area contributed by atoms with Crippen LogP contribution in [0.1, 0.15) is 35.0 Å². The maximum atomic E-state index is 13.9. The highest BCUT2D eigenvalue weighted by molar-refractivity contribution is 7.18. The Morgan fingerprint density at radius 3 is 2.50 bits per heavy atom. The van der Waals surface area contributed by atoms with E-state index in [0.29, 0.717) is 10.4 Å². The Morgan fingerprint density at radius 2 is 2.00 bits per heavy atom. The smallest absolute Gasteiger partial charge is 0.348 e. The zero-order chi connectivity index (χ0) is 15.0. The van der Waals surface area contributed by atoms with Gasteiger partial charge in [-0.05, 0) is 23.6 Å². The van der Waals surface area contributed by atoms with E-state index in [2.05, 4.69) is 0 Å². The zero-order valence-corrected chi connectivity index (χ0v) is 11.7. The van der Waals surface area contributed by atoms with Crippen molar-refractivity contribution >= 4 is 23.0 Å². The minimum Gasteiger partial charge on any atom is -0.477 e. The SMILES string of the molecule is CC(C)c1c(-c2ccc(F)cc2F)sc(C(=O)O)c1N. The lowest BCUT2D eigenvalue weighted by Crippen LogP contribution is -2.01. The maximum absolute atomic E-state index is 13.9. The Morgan fingerprint density at radius 1 is 1.35 bits per heavy atom. The molecule has 0 spiro atoms. The second kappa shape index (κ2) is 5.20. The van der Waals surface area contributed by atoms with Gasteiger partial charge in [0, 0.05) is 16.5 Å². The Labute approximate surface area is 118 Å². The molecule has 3 nitrogen and oxygen atoms in total. The Hall–Kier alpha value is -1.95. The third-order valence-corrected chi connectivity index (χ3v) is 4.17. The molecule has 0 aliphatic carbocycles. The molecule has 0 aliphatic heterocycles. The average molecular weight is 297 g/mol. The van der Waals surface area contributed by atoms with Crippen LogP contribution in [-0.2, 0) is 0 Å². The quantitative estimate of drug-likeness (QED) is 0.896. The number of anilines is 1. The third kappa shape index (κ3) is 2.38. The predicted molar refractivity (Wildman–Crippen MR) is 75.1 cm³/mol. The number of carboxylic acid groups (broad SMARTS) is 1. The molecule has 0 saturated heterocycles. The normalized spacial score (nSPS) is 11.1. The molecule has 3 N–H and O–H groups in total. The lowest BCUT2D eigenvalue weighted by atomic mass is 9.98. The number of benzene rings is 1. The summed E-state index contributed by atoms with van der Waals surface area (Å²) < 4.78 is 26.9. The topological polar surface area (TPSA) is 63.3 Å². The summed E-state index contributed by atoms with van der Waals surface area (Å²) in [6.07, 6.45) is 0. The van der Waals surface area contributed by atoms with Crippen LogP contribution in [0.15, 0.2) is 18.2 Å². The number of hydrogen-bond acceptors (Lipinski definition) is 3. The minimum absolute atomic E-state index is 0.0209. The number of nitrogens with two attached hydrogens (primary N) is 1. The van der Waals surface area contributed by atoms with Gasteiger partial charge in [-0.2, -0.15) is 0 Å². The van der Waals surface area contributed by atoms with Crippen LogP contribution in [-0.4, -0.2) is 11.1 Å². The summed E-state index contributed by atoms with van der Waals surface area (Å²) in [6, 6.07) is 3.21. The molecule has 6 heteroatoms. The molecule has 1 aromatic carbocycles. The standard InChI is InChI=1S/C14H13F2NO2S/c1-6(2)10-11(17)13(14(18)19)20-12(10)8-4-3-7(15)5-9(8)16/h3-6H,17H2,1-2H3,(H,18,19). The molecule has 0 fully saturated rings. The van der Waals surface area contributed by atoms with Gasteiger partial charge in [0.05, 0.1) is 5.69 Å². The first-order chi connectivity index (χ1) is 9.32. The van der Waals surface area contributed by atoms with Crippen molar-refractivity contribution in [3.05, 3.63) is 40.3 Å². The van der Waals surface area contributed by atoms with E-state index in [1.54, 1.807) is 0 Å². The third-order valence-electron chi connectivity index (χ3n) is 2.93. The van der Waals surface area contributed by atoms with Gasteiger partial charge in [0.15, 0.2) is 0 Å². The fraction of sp³-hybridized carbons (Fsp3) is 0.214. The van der Waals surface area contributed by atoms with Crippen molar-refractivity contribution in [3.8, 4) is 10.4 Å². The van der Waals surface area contributed by atoms with Gasteiger partial charge >= 0.3 is 5.97 Å². The van der Waals surface area contributed by atoms with E-state index in [0.717, 1.165) is 23.5 Å². The predicted octanol–water partition coefficient (Wildman–Crippen LogP) is 4.10. The summed E-state index contributed by atoms with van der Waals surface area (Å²) in [7, 11) is 0. The summed E-state index contributed by atoms with van der Waals surface area (Å²) in [5.41, 5.74) is 6.75. The largest absolute Gasteiger partial charge is 0.477 e. The average Bonchev–Trinajstić information content (AvgIpc) is 2.66. The van der Waals surface area contributed by atoms with E-state index in [1.165, 1.54) is 6.07 Å². The number of halogens is 2. The summed E-state index contributed by atoms with van der Waals surface area (Å²) in [6.45, 7) is 3.68. The lowest BCUT2D eigenvalue weighted by molar-refractivity contribution is 0.0703. The molecule has 0 unspecified atom stereocenters. The zero-order valence-electron chi connectivity index (χ0n) is 10.9. The van der Waals surface area contributed by atoms with Gasteiger partial charge in [0.2, 0.25) is 0 Å². The van der Waals surface area contributed by atoms with Gasteiger partial charge in [0.25, 0.3) is 0 Å². The van der Waals surface area contributed by atoms with Crippen LogP contribution in [0.25, 0.3) is 10.4 Å². The molecule has 1 heterocycles. The molecule has 0 bridgehead atoms. The summed E-state index contributed by atoms with van der Waals surface area (Å²) in [5.74, 6) is -2.63. The van der Waals surface area contributed by atoms with Crippen LogP contribution in [0, 0.1) is 11.6 Å². The van der Waals surface area contributed by atoms with Crippen molar-refractivity contribution in [2.45, 2.75) is 19.8 Å². The molecular formula is C14H13F2NO2S. The van der Waals surface area contributed by atoms with Crippen LogP contribution in [0.4, 0.5) is 14.5 Å². The number of thiophene rings is 1. The second-order valence-electron chi connectivity index (χ2n) is 4.67. The van der Waals surface area contributed by atoms with Crippen LogP contribution < -0.4 is 5.73 Å². The maximum Gasteiger partial charge on any atom is 0.348 e. The summed E-state index contributed by atoms with van der Waals surface area (Å²) in [5, 5.41) is 9.12. The Kier molecular flexibility index (Phi) is 3.76. The fourth-order valence-electron chi connectivity index (χ4n) is 2.06. The van der Waals surface area contributed by atoms with Gasteiger partial charge in [-0.3, -0.25) is 0 Å². The second-order valence-corrected chi connectivity index (χ2v) is 5.69. The Bertz CT molecular complexity index is 680. The molecule has 0 aliphatic rings. The highest BCUT2D eigenvalue weighted by Crippen LogP contribution is 2.43. The van der Waals surface area contributed by atoms with Gasteiger partial charge < -0.3 is 10.8 Å². The van der Waals surface area contributed by atoms with E-state index >= 15 is 0 Å². The van der Waals surface area contributed by atoms with Crippen LogP contribution in [0.3, 0.4) is 0 Å². The van der Waals surface area contributed by atoms with Crippen molar-refractivity contribution in [3.63, 3.8) is 0 Å². The van der Waals surface area contributed by atoms with E-state index in [-0.39, 0.29) is 22.0 Å². The van der Waals surface area contributed by atoms with Crippen LogP contribution >= 0.6 is 11.3 Å². The van der Waals surface area contributed by atoms with Gasteiger partial charge in [-0.15, -0.1) is 11.3 Å². The van der Waals surface area contributed by atoms with Crippen molar-refractivity contribution in [2.24, 2.45) is 0 Å². The molecular weight excluding hydrogens is 284 g/mol. The fourth-order valence-corrected chi connectivity index (χ4v) is 3.30. The first kappa shape index (κ1) is 14.5. The van der Waals surface area contributed by atoms with E-state index in [9.17, 15) is 13.6 Å². The van der Waals surface area contributed by atoms with Crippen molar-refractivity contribution in [2.75, 3.05) is 5.73 Å². The number of nitrogen functional groups attached to an aromatic ring is 1. The molecule has 0 amide bonds. The molecule has 1 aromatic heterocycles. The van der Waals surface area contributed by atoms with E-state index in [1.807, 2.05) is 13.8 Å². The first-order valence-corrected chi connectivity index (χ1v) is 6.75. The minimum atomic E-state index is -1.15. The highest BCUT2D eigenvalue weighted by Gasteiger charge is 2.24. The van der Waals surface area contributed by atoms with Gasteiger partial charge in [0.1, 0.15) is 16.5 Å². The van der Waals surface area contributed by atoms with Crippen molar-refractivity contribution < 1.29 is 18.7 Å².